The molecule has 0 radical (unpaired) electrons. The summed E-state index contributed by atoms with van der Waals surface area (Å²) < 4.78 is 5.73. The Bertz CT molecular complexity index is 867. The van der Waals surface area contributed by atoms with Gasteiger partial charge in [0, 0.05) is 15.8 Å². The molecule has 1 aromatic heterocycles. The van der Waals surface area contributed by atoms with Crippen molar-refractivity contribution < 1.29 is 9.53 Å². The van der Waals surface area contributed by atoms with Crippen LogP contribution in [0, 0.1) is 0 Å². The molecule has 0 saturated carbocycles. The first kappa shape index (κ1) is 15.8. The Morgan fingerprint density at radius 2 is 2.04 bits per heavy atom. The van der Waals surface area contributed by atoms with Gasteiger partial charge >= 0.3 is 0 Å². The summed E-state index contributed by atoms with van der Waals surface area (Å²) in [6.45, 7) is 0.261. The van der Waals surface area contributed by atoms with Crippen molar-refractivity contribution >= 4 is 40.6 Å². The molecule has 5 heteroatoms. The zero-order chi connectivity index (χ0) is 16.2. The number of nitrogens with zero attached hydrogens (tertiary/aromatic N) is 1. The minimum absolute atomic E-state index is 0.261. The Hall–Kier alpha value is -2.04. The third kappa shape index (κ3) is 3.49. The van der Waals surface area contributed by atoms with Crippen molar-refractivity contribution in [2.45, 2.75) is 11.5 Å². The number of thioether (sulfide) groups is 1. The van der Waals surface area contributed by atoms with Crippen LogP contribution in [-0.2, 0) is 6.61 Å². The van der Waals surface area contributed by atoms with Crippen molar-refractivity contribution in [3.63, 3.8) is 0 Å². The molecule has 0 aliphatic rings. The average Bonchev–Trinajstić information content (AvgIpc) is 2.59. The van der Waals surface area contributed by atoms with Crippen LogP contribution in [0.4, 0.5) is 0 Å². The number of ether oxygens (including phenoxy) is 1. The van der Waals surface area contributed by atoms with Crippen LogP contribution in [0.5, 0.6) is 5.75 Å². The van der Waals surface area contributed by atoms with Gasteiger partial charge in [-0.05, 0) is 36.6 Å². The lowest BCUT2D eigenvalue weighted by molar-refractivity contribution is 0.111. The Morgan fingerprint density at radius 1 is 1.22 bits per heavy atom. The number of halogens is 1. The van der Waals surface area contributed by atoms with Crippen LogP contribution < -0.4 is 4.74 Å². The van der Waals surface area contributed by atoms with Crippen LogP contribution >= 0.6 is 23.4 Å². The Labute approximate surface area is 143 Å². The third-order valence-electron chi connectivity index (χ3n) is 3.48. The summed E-state index contributed by atoms with van der Waals surface area (Å²) in [7, 11) is 0. The highest BCUT2D eigenvalue weighted by Crippen LogP contribution is 2.26. The highest BCUT2D eigenvalue weighted by Gasteiger charge is 2.08. The SMILES string of the molecule is CSc1ccc2cc(COc3ccccc3C=O)c(Cl)nc2c1. The van der Waals surface area contributed by atoms with Crippen LogP contribution in [0.15, 0.2) is 53.4 Å². The summed E-state index contributed by atoms with van der Waals surface area (Å²) in [6.07, 6.45) is 2.80. The van der Waals surface area contributed by atoms with Gasteiger partial charge in [0.15, 0.2) is 6.29 Å². The first-order valence-electron chi connectivity index (χ1n) is 7.01. The van der Waals surface area contributed by atoms with Crippen molar-refractivity contribution in [1.82, 2.24) is 4.98 Å². The number of benzene rings is 2. The van der Waals surface area contributed by atoms with Gasteiger partial charge in [0.25, 0.3) is 0 Å². The summed E-state index contributed by atoms with van der Waals surface area (Å²) in [6, 6.07) is 15.2. The van der Waals surface area contributed by atoms with Crippen molar-refractivity contribution in [3.8, 4) is 5.75 Å². The Balaban J connectivity index is 1.88. The summed E-state index contributed by atoms with van der Waals surface area (Å²) in [5.41, 5.74) is 2.16. The highest BCUT2D eigenvalue weighted by atomic mass is 35.5. The fourth-order valence-corrected chi connectivity index (χ4v) is 2.89. The van der Waals surface area contributed by atoms with Gasteiger partial charge in [-0.25, -0.2) is 4.98 Å². The number of hydrogen-bond acceptors (Lipinski definition) is 4. The van der Waals surface area contributed by atoms with E-state index in [1.807, 2.05) is 30.5 Å². The van der Waals surface area contributed by atoms with Crippen LogP contribution in [0.25, 0.3) is 10.9 Å². The maximum absolute atomic E-state index is 11.0. The van der Waals surface area contributed by atoms with E-state index >= 15 is 0 Å². The van der Waals surface area contributed by atoms with Gasteiger partial charge in [-0.15, -0.1) is 11.8 Å². The molecule has 0 spiro atoms. The van der Waals surface area contributed by atoms with Gasteiger partial charge in [-0.2, -0.15) is 0 Å². The molecular formula is C18H14ClNO2S. The number of rotatable bonds is 5. The van der Waals surface area contributed by atoms with Gasteiger partial charge in [0.1, 0.15) is 17.5 Å². The molecule has 3 rings (SSSR count). The molecule has 3 aromatic rings. The van der Waals surface area contributed by atoms with Crippen LogP contribution in [0.1, 0.15) is 15.9 Å². The van der Waals surface area contributed by atoms with E-state index in [1.165, 1.54) is 0 Å². The average molecular weight is 344 g/mol. The maximum Gasteiger partial charge on any atom is 0.153 e. The molecule has 2 aromatic carbocycles. The van der Waals surface area contributed by atoms with Gasteiger partial charge in [0.2, 0.25) is 0 Å². The van der Waals surface area contributed by atoms with Crippen LogP contribution in [0.3, 0.4) is 0 Å². The second-order valence-electron chi connectivity index (χ2n) is 4.94. The lowest BCUT2D eigenvalue weighted by Crippen LogP contribution is -2.00. The topological polar surface area (TPSA) is 39.2 Å². The molecule has 0 amide bonds. The van der Waals surface area contributed by atoms with E-state index in [-0.39, 0.29) is 6.61 Å². The summed E-state index contributed by atoms with van der Waals surface area (Å²) >= 11 is 7.94. The molecule has 0 N–H and O–H groups in total. The summed E-state index contributed by atoms with van der Waals surface area (Å²) in [5.74, 6) is 0.538. The third-order valence-corrected chi connectivity index (χ3v) is 4.53. The number of pyridine rings is 1. The number of hydrogen-bond donors (Lipinski definition) is 0. The zero-order valence-corrected chi connectivity index (χ0v) is 14.0. The predicted molar refractivity (Wildman–Crippen MR) is 94.7 cm³/mol. The molecule has 0 unspecified atom stereocenters. The van der Waals surface area contributed by atoms with Gasteiger partial charge in [0.05, 0.1) is 11.1 Å². The molecular weight excluding hydrogens is 330 g/mol. The Morgan fingerprint density at radius 3 is 2.83 bits per heavy atom. The maximum atomic E-state index is 11.0. The quantitative estimate of drug-likeness (QED) is 0.371. The Kier molecular flexibility index (Phi) is 4.84. The molecule has 0 aliphatic heterocycles. The van der Waals surface area contributed by atoms with Crippen molar-refractivity contribution in [2.24, 2.45) is 0 Å². The van der Waals surface area contributed by atoms with Gasteiger partial charge in [-0.3, -0.25) is 4.79 Å². The fraction of sp³-hybridized carbons (Fsp3) is 0.111. The highest BCUT2D eigenvalue weighted by molar-refractivity contribution is 7.98. The minimum atomic E-state index is 0.261. The van der Waals surface area contributed by atoms with Crippen LogP contribution in [0.2, 0.25) is 5.15 Å². The number of para-hydroxylation sites is 1. The van der Waals surface area contributed by atoms with E-state index in [2.05, 4.69) is 11.1 Å². The number of aromatic nitrogens is 1. The molecule has 0 fully saturated rings. The largest absolute Gasteiger partial charge is 0.488 e. The molecule has 1 heterocycles. The van der Waals surface area contributed by atoms with E-state index in [9.17, 15) is 4.79 Å². The molecule has 23 heavy (non-hydrogen) atoms. The van der Waals surface area contributed by atoms with Crippen LogP contribution in [-0.4, -0.2) is 17.5 Å². The van der Waals surface area contributed by atoms with Crippen molar-refractivity contribution in [3.05, 3.63) is 64.8 Å². The monoisotopic (exact) mass is 343 g/mol. The first-order chi connectivity index (χ1) is 11.2. The summed E-state index contributed by atoms with van der Waals surface area (Å²) in [4.78, 5) is 16.6. The minimum Gasteiger partial charge on any atom is -0.488 e. The normalized spacial score (nSPS) is 10.7. The molecule has 3 nitrogen and oxygen atoms in total. The van der Waals surface area contributed by atoms with Crippen molar-refractivity contribution in [2.75, 3.05) is 6.26 Å². The summed E-state index contributed by atoms with van der Waals surface area (Å²) in [5, 5.41) is 1.42. The van der Waals surface area contributed by atoms with Crippen molar-refractivity contribution in [1.29, 1.82) is 0 Å². The number of carbonyl (C=O) groups excluding carboxylic acids is 1. The standard InChI is InChI=1S/C18H14ClNO2S/c1-23-15-7-6-12-8-14(18(19)20-16(12)9-15)11-22-17-5-3-2-4-13(17)10-21/h2-10H,11H2,1H3. The molecule has 0 atom stereocenters. The second-order valence-corrected chi connectivity index (χ2v) is 6.18. The predicted octanol–water partition coefficient (Wildman–Crippen LogP) is 5.00. The lowest BCUT2D eigenvalue weighted by atomic mass is 10.1. The van der Waals surface area contributed by atoms with E-state index < -0.39 is 0 Å². The molecule has 0 saturated heterocycles. The second kappa shape index (κ2) is 7.02. The van der Waals surface area contributed by atoms with E-state index in [4.69, 9.17) is 16.3 Å². The molecule has 0 bridgehead atoms. The van der Waals surface area contributed by atoms with E-state index in [1.54, 1.807) is 30.0 Å². The number of aldehydes is 1. The van der Waals surface area contributed by atoms with E-state index in [0.29, 0.717) is 16.5 Å². The molecule has 0 aliphatic carbocycles. The number of carbonyl (C=O) groups is 1. The lowest BCUT2D eigenvalue weighted by Gasteiger charge is -2.10. The smallest absolute Gasteiger partial charge is 0.153 e. The first-order valence-corrected chi connectivity index (χ1v) is 8.61. The van der Waals surface area contributed by atoms with E-state index in [0.717, 1.165) is 27.6 Å². The van der Waals surface area contributed by atoms with Gasteiger partial charge < -0.3 is 4.74 Å². The zero-order valence-electron chi connectivity index (χ0n) is 12.5. The number of fused-ring (bicyclic) bond motifs is 1. The fourth-order valence-electron chi connectivity index (χ4n) is 2.26. The molecule has 116 valence electrons. The van der Waals surface area contributed by atoms with Gasteiger partial charge in [-0.1, -0.05) is 29.8 Å².